The molecule has 2 amide bonds. The maximum absolute atomic E-state index is 13.8. The van der Waals surface area contributed by atoms with Crippen molar-refractivity contribution in [1.29, 1.82) is 0 Å². The van der Waals surface area contributed by atoms with Crippen LogP contribution in [0, 0.1) is 5.92 Å². The Morgan fingerprint density at radius 2 is 1.86 bits per heavy atom. The number of hydrazine groups is 1. The van der Waals surface area contributed by atoms with Crippen molar-refractivity contribution >= 4 is 28.4 Å². The van der Waals surface area contributed by atoms with Crippen LogP contribution in [-0.2, 0) is 14.3 Å². The van der Waals surface area contributed by atoms with Crippen LogP contribution >= 0.6 is 0 Å². The highest BCUT2D eigenvalue weighted by atomic mass is 16.5. The van der Waals surface area contributed by atoms with Crippen LogP contribution in [0.5, 0.6) is 0 Å². The molecule has 4 N–H and O–H groups in total. The van der Waals surface area contributed by atoms with Crippen molar-refractivity contribution in [2.24, 2.45) is 5.92 Å². The largest absolute Gasteiger partial charge is 0.365 e. The monoisotopic (exact) mass is 603 g/mol. The fourth-order valence-electron chi connectivity index (χ4n) is 8.19. The number of anilines is 1. The minimum Gasteiger partial charge on any atom is -0.365 e. The first-order valence-electron chi connectivity index (χ1n) is 16.5. The van der Waals surface area contributed by atoms with Gasteiger partial charge in [0.15, 0.2) is 0 Å². The van der Waals surface area contributed by atoms with Gasteiger partial charge in [0.1, 0.15) is 19.1 Å². The first-order valence-corrected chi connectivity index (χ1v) is 16.5. The number of carbonyl (C=O) groups excluding carboxylic acids is 2. The molecule has 7 heterocycles. The quantitative estimate of drug-likeness (QED) is 0.388. The van der Waals surface area contributed by atoms with E-state index < -0.39 is 0 Å². The Balaban J connectivity index is 1.01. The van der Waals surface area contributed by atoms with Gasteiger partial charge in [0.05, 0.1) is 30.9 Å². The number of carbonyl (C=O) groups is 2. The molecule has 1 aromatic heterocycles. The molecule has 2 aromatic rings. The molecule has 2 bridgehead atoms. The summed E-state index contributed by atoms with van der Waals surface area (Å²) in [6, 6.07) is 9.38. The molecule has 1 aromatic carbocycles. The number of nitrogens with one attached hydrogen (secondary N) is 4. The average molecular weight is 604 g/mol. The zero-order chi connectivity index (χ0) is 29.8. The Morgan fingerprint density at radius 1 is 0.977 bits per heavy atom. The number of aromatic nitrogens is 1. The Labute approximate surface area is 258 Å². The van der Waals surface area contributed by atoms with Crippen molar-refractivity contribution in [3.05, 3.63) is 42.6 Å². The Hall–Kier alpha value is -3.00. The van der Waals surface area contributed by atoms with Gasteiger partial charge in [-0.3, -0.25) is 30.5 Å². The summed E-state index contributed by atoms with van der Waals surface area (Å²) in [5.41, 5.74) is 2.31. The third-order valence-electron chi connectivity index (χ3n) is 10.6. The van der Waals surface area contributed by atoms with Crippen molar-refractivity contribution in [1.82, 2.24) is 40.3 Å². The summed E-state index contributed by atoms with van der Waals surface area (Å²) in [6.45, 7) is 4.26. The van der Waals surface area contributed by atoms with E-state index in [1.54, 1.807) is 0 Å². The van der Waals surface area contributed by atoms with Crippen LogP contribution in [0.2, 0.25) is 0 Å². The van der Waals surface area contributed by atoms with E-state index in [0.29, 0.717) is 25.7 Å². The number of hydrogen-bond donors (Lipinski definition) is 4. The van der Waals surface area contributed by atoms with Crippen molar-refractivity contribution < 1.29 is 14.3 Å². The third kappa shape index (κ3) is 5.11. The minimum atomic E-state index is -0.211. The highest BCUT2D eigenvalue weighted by molar-refractivity contribution is 5.84. The molecule has 5 fully saturated rings. The highest BCUT2D eigenvalue weighted by Gasteiger charge is 2.53. The molecule has 0 spiro atoms. The molecule has 44 heavy (non-hydrogen) atoms. The summed E-state index contributed by atoms with van der Waals surface area (Å²) in [5, 5.41) is 20.0. The molecule has 0 saturated carbocycles. The minimum absolute atomic E-state index is 0.0235. The van der Waals surface area contributed by atoms with E-state index in [2.05, 4.69) is 85.4 Å². The lowest BCUT2D eigenvalue weighted by molar-refractivity contribution is -0.176. The second-order valence-corrected chi connectivity index (χ2v) is 13.3. The molecule has 6 aliphatic heterocycles. The Kier molecular flexibility index (Phi) is 7.59. The topological polar surface area (TPSA) is 109 Å². The summed E-state index contributed by atoms with van der Waals surface area (Å²) in [4.78, 5) is 31.0. The van der Waals surface area contributed by atoms with Crippen LogP contribution in [0.15, 0.2) is 42.6 Å². The van der Waals surface area contributed by atoms with Gasteiger partial charge in [-0.2, -0.15) is 5.01 Å². The second-order valence-electron chi connectivity index (χ2n) is 13.3. The van der Waals surface area contributed by atoms with Gasteiger partial charge in [-0.15, -0.1) is 0 Å². The standard InChI is InChI=1S/C32H45N9O3/c1-37-15-11-23(12-16-37)38-17-10-21-18-22(6-7-25(21)38)34-32-33-19-24-29(36-32)41-27-9-8-26-30(35-27)39(28(42)20-44-26)13-4-2-3-5-14-40(41)31(24)43/h3,5-7,10,17-18,23-24,26-27,29-30,32-36H,2,4,8-9,11-16,19-20H2,1H3/b5-3-. The fraction of sp³-hybridized carbons (Fsp3) is 0.625. The number of likely N-dealkylation sites (tertiary alicyclic amines) is 1. The Morgan fingerprint density at radius 3 is 2.75 bits per heavy atom. The first kappa shape index (κ1) is 28.5. The van der Waals surface area contributed by atoms with E-state index in [1.807, 2.05) is 9.91 Å². The summed E-state index contributed by atoms with van der Waals surface area (Å²) in [5.74, 6) is -0.0448. The highest BCUT2D eigenvalue weighted by Crippen LogP contribution is 2.34. The number of benzene rings is 1. The van der Waals surface area contributed by atoms with Gasteiger partial charge in [0, 0.05) is 41.9 Å². The van der Waals surface area contributed by atoms with Crippen LogP contribution in [0.1, 0.15) is 44.6 Å². The average Bonchev–Trinajstić information content (AvgIpc) is 3.57. The lowest BCUT2D eigenvalue weighted by Gasteiger charge is -2.50. The van der Waals surface area contributed by atoms with Gasteiger partial charge >= 0.3 is 0 Å². The number of fused-ring (bicyclic) bond motifs is 6. The van der Waals surface area contributed by atoms with Crippen LogP contribution in [0.3, 0.4) is 0 Å². The molecule has 12 heteroatoms. The molecule has 6 aliphatic rings. The lowest BCUT2D eigenvalue weighted by atomic mass is 9.99. The molecule has 6 atom stereocenters. The fourth-order valence-corrected chi connectivity index (χ4v) is 8.19. The maximum Gasteiger partial charge on any atom is 0.249 e. The van der Waals surface area contributed by atoms with Crippen molar-refractivity contribution in [2.75, 3.05) is 51.7 Å². The Bertz CT molecular complexity index is 1420. The van der Waals surface area contributed by atoms with Gasteiger partial charge in [0.2, 0.25) is 11.8 Å². The van der Waals surface area contributed by atoms with E-state index in [9.17, 15) is 9.59 Å². The van der Waals surface area contributed by atoms with E-state index in [1.165, 1.54) is 23.7 Å². The van der Waals surface area contributed by atoms with Crippen LogP contribution in [0.25, 0.3) is 10.9 Å². The summed E-state index contributed by atoms with van der Waals surface area (Å²) < 4.78 is 8.41. The zero-order valence-corrected chi connectivity index (χ0v) is 25.5. The SMILES string of the molecule is CN1CCC(n2ccc3cc(NC4NCC5C(=O)N6C/C=C\CCCN7C(=O)COC8CCC(NC87)N6C5N4)ccc32)CC1. The third-order valence-corrected chi connectivity index (χ3v) is 10.6. The van der Waals surface area contributed by atoms with Crippen molar-refractivity contribution in [3.63, 3.8) is 0 Å². The summed E-state index contributed by atoms with van der Waals surface area (Å²) in [6.07, 6.45) is 11.6. The van der Waals surface area contributed by atoms with Gasteiger partial charge in [0.25, 0.3) is 0 Å². The molecule has 0 aliphatic carbocycles. The molecular formula is C32H45N9O3. The molecule has 236 valence electrons. The van der Waals surface area contributed by atoms with Crippen LogP contribution in [0.4, 0.5) is 5.69 Å². The smallest absolute Gasteiger partial charge is 0.249 e. The van der Waals surface area contributed by atoms with Gasteiger partial charge < -0.3 is 24.4 Å². The van der Waals surface area contributed by atoms with Gasteiger partial charge in [-0.25, -0.2) is 0 Å². The first-order chi connectivity index (χ1) is 21.5. The van der Waals surface area contributed by atoms with Crippen LogP contribution < -0.4 is 21.3 Å². The lowest BCUT2D eigenvalue weighted by Crippen LogP contribution is -2.72. The van der Waals surface area contributed by atoms with Crippen molar-refractivity contribution in [2.45, 2.75) is 75.5 Å². The maximum atomic E-state index is 13.8. The number of amides is 2. The van der Waals surface area contributed by atoms with E-state index in [-0.39, 0.29) is 55.2 Å². The molecule has 0 radical (unpaired) electrons. The number of morpholine rings is 1. The predicted molar refractivity (Wildman–Crippen MR) is 167 cm³/mol. The van der Waals surface area contributed by atoms with Crippen molar-refractivity contribution in [3.8, 4) is 0 Å². The number of hydrogen-bond acceptors (Lipinski definition) is 9. The number of allylic oxidation sites excluding steroid dienone is 1. The van der Waals surface area contributed by atoms with E-state index in [0.717, 1.165) is 44.5 Å². The summed E-state index contributed by atoms with van der Waals surface area (Å²) >= 11 is 0. The molecular weight excluding hydrogens is 558 g/mol. The number of nitrogens with zero attached hydrogens (tertiary/aromatic N) is 5. The van der Waals surface area contributed by atoms with E-state index >= 15 is 0 Å². The molecule has 6 unspecified atom stereocenters. The predicted octanol–water partition coefficient (Wildman–Crippen LogP) is 1.41. The molecule has 5 saturated heterocycles. The molecule has 12 nitrogen and oxygen atoms in total. The van der Waals surface area contributed by atoms with E-state index in [4.69, 9.17) is 4.74 Å². The number of rotatable bonds is 3. The number of ether oxygens (including phenoxy) is 1. The second kappa shape index (κ2) is 11.7. The molecule has 8 rings (SSSR count). The van der Waals surface area contributed by atoms with Gasteiger partial charge in [-0.05, 0) is 82.9 Å². The normalized spacial score (nSPS) is 34.8. The van der Waals surface area contributed by atoms with Crippen LogP contribution in [-0.4, -0.2) is 113 Å². The number of piperidine rings is 2. The summed E-state index contributed by atoms with van der Waals surface area (Å²) in [7, 11) is 2.20. The zero-order valence-electron chi connectivity index (χ0n) is 25.5. The van der Waals surface area contributed by atoms with Gasteiger partial charge in [-0.1, -0.05) is 12.2 Å².